The first-order valence-corrected chi connectivity index (χ1v) is 7.84. The normalized spacial score (nSPS) is 10.5. The van der Waals surface area contributed by atoms with Gasteiger partial charge in [-0.15, -0.1) is 0 Å². The summed E-state index contributed by atoms with van der Waals surface area (Å²) in [5, 5.41) is 14.6. The maximum atomic E-state index is 12.2. The van der Waals surface area contributed by atoms with Gasteiger partial charge in [-0.05, 0) is 55.5 Å². The molecule has 0 saturated carbocycles. The lowest BCUT2D eigenvalue weighted by Crippen LogP contribution is -2.14. The summed E-state index contributed by atoms with van der Waals surface area (Å²) in [6.07, 6.45) is 1.31. The third-order valence-electron chi connectivity index (χ3n) is 3.31. The van der Waals surface area contributed by atoms with Gasteiger partial charge in [0.05, 0.1) is 12.2 Å². The summed E-state index contributed by atoms with van der Waals surface area (Å²) in [6.45, 7) is 2.01. The van der Waals surface area contributed by atoms with Gasteiger partial charge in [-0.1, -0.05) is 0 Å². The van der Waals surface area contributed by atoms with Crippen LogP contribution in [0.4, 0.5) is 17.1 Å². The number of hydrogen-bond donors (Lipinski definition) is 3. The van der Waals surface area contributed by atoms with Gasteiger partial charge in [0.25, 0.3) is 5.91 Å². The average molecular weight is 350 g/mol. The molecule has 0 saturated heterocycles. The molecule has 0 fully saturated rings. The number of rotatable bonds is 6. The first-order chi connectivity index (χ1) is 12.5. The van der Waals surface area contributed by atoms with Crippen LogP contribution in [0.3, 0.4) is 0 Å². The van der Waals surface area contributed by atoms with Crippen LogP contribution in [-0.2, 0) is 9.53 Å². The lowest BCUT2D eigenvalue weighted by atomic mass is 10.2. The van der Waals surface area contributed by atoms with Crippen molar-refractivity contribution in [2.75, 3.05) is 23.0 Å². The second-order valence-electron chi connectivity index (χ2n) is 5.19. The van der Waals surface area contributed by atoms with Crippen molar-refractivity contribution in [2.45, 2.75) is 6.92 Å². The van der Waals surface area contributed by atoms with E-state index in [-0.39, 0.29) is 12.2 Å². The van der Waals surface area contributed by atoms with Crippen molar-refractivity contribution < 1.29 is 14.3 Å². The minimum Gasteiger partial charge on any atom is -0.462 e. The molecule has 26 heavy (non-hydrogen) atoms. The van der Waals surface area contributed by atoms with E-state index in [1.807, 2.05) is 6.07 Å². The Morgan fingerprint density at radius 1 is 1.12 bits per heavy atom. The molecule has 7 heteroatoms. The first kappa shape index (κ1) is 18.5. The molecule has 0 unspecified atom stereocenters. The molecule has 7 nitrogen and oxygen atoms in total. The zero-order valence-corrected chi connectivity index (χ0v) is 14.2. The number of carbonyl (C=O) groups is 2. The molecule has 1 amide bonds. The summed E-state index contributed by atoms with van der Waals surface area (Å²) < 4.78 is 4.89. The summed E-state index contributed by atoms with van der Waals surface area (Å²) in [6, 6.07) is 14.9. The van der Waals surface area contributed by atoms with Crippen LogP contribution in [0, 0.1) is 11.3 Å². The monoisotopic (exact) mass is 350 g/mol. The highest BCUT2D eigenvalue weighted by atomic mass is 16.5. The second-order valence-corrected chi connectivity index (χ2v) is 5.19. The van der Waals surface area contributed by atoms with E-state index in [1.165, 1.54) is 18.3 Å². The smallest absolute Gasteiger partial charge is 0.338 e. The highest BCUT2D eigenvalue weighted by Gasteiger charge is 2.11. The zero-order valence-electron chi connectivity index (χ0n) is 14.2. The topological polar surface area (TPSA) is 117 Å². The Morgan fingerprint density at radius 2 is 1.73 bits per heavy atom. The molecule has 0 aliphatic carbocycles. The molecule has 0 heterocycles. The minimum atomic E-state index is -0.570. The van der Waals surface area contributed by atoms with Crippen LogP contribution in [0.5, 0.6) is 0 Å². The SMILES string of the molecule is CCOC(=O)c1ccc(NC(=O)/C(C#N)=C\Nc2ccc(N)cc2)cc1. The molecule has 0 aliphatic rings. The number of nitrogen functional groups attached to an aromatic ring is 1. The number of carbonyl (C=O) groups excluding carboxylic acids is 2. The molecule has 2 aromatic carbocycles. The van der Waals surface area contributed by atoms with Gasteiger partial charge in [-0.2, -0.15) is 5.26 Å². The van der Waals surface area contributed by atoms with Crippen LogP contribution in [-0.4, -0.2) is 18.5 Å². The summed E-state index contributed by atoms with van der Waals surface area (Å²) in [7, 11) is 0. The van der Waals surface area contributed by atoms with Crippen molar-refractivity contribution in [3.8, 4) is 6.07 Å². The van der Waals surface area contributed by atoms with Crippen LogP contribution in [0.2, 0.25) is 0 Å². The first-order valence-electron chi connectivity index (χ1n) is 7.84. The maximum absolute atomic E-state index is 12.2. The number of anilines is 3. The zero-order chi connectivity index (χ0) is 18.9. The maximum Gasteiger partial charge on any atom is 0.338 e. The predicted molar refractivity (Wildman–Crippen MR) is 99.2 cm³/mol. The lowest BCUT2D eigenvalue weighted by Gasteiger charge is -2.07. The van der Waals surface area contributed by atoms with Crippen LogP contribution < -0.4 is 16.4 Å². The van der Waals surface area contributed by atoms with Crippen molar-refractivity contribution in [1.29, 1.82) is 5.26 Å². The Bertz CT molecular complexity index is 850. The second kappa shape index (κ2) is 8.89. The van der Waals surface area contributed by atoms with Crippen molar-refractivity contribution in [2.24, 2.45) is 0 Å². The molecular weight excluding hydrogens is 332 g/mol. The standard InChI is InChI=1S/C19H18N4O3/c1-2-26-19(25)13-3-7-17(8-4-13)23-18(24)14(11-20)12-22-16-9-5-15(21)6-10-16/h3-10,12,22H,2,21H2,1H3,(H,23,24)/b14-12-. The molecule has 0 radical (unpaired) electrons. The van der Waals surface area contributed by atoms with Crippen LogP contribution >= 0.6 is 0 Å². The van der Waals surface area contributed by atoms with Crippen molar-refractivity contribution in [3.05, 3.63) is 65.9 Å². The number of benzene rings is 2. The van der Waals surface area contributed by atoms with Gasteiger partial charge in [-0.3, -0.25) is 4.79 Å². The van der Waals surface area contributed by atoms with E-state index in [4.69, 9.17) is 10.5 Å². The summed E-state index contributed by atoms with van der Waals surface area (Å²) in [4.78, 5) is 23.8. The Balaban J connectivity index is 2.02. The molecule has 2 aromatic rings. The molecule has 0 aliphatic heterocycles. The minimum absolute atomic E-state index is 0.101. The summed E-state index contributed by atoms with van der Waals surface area (Å²) >= 11 is 0. The van der Waals surface area contributed by atoms with Crippen molar-refractivity contribution in [3.63, 3.8) is 0 Å². The molecular formula is C19H18N4O3. The molecule has 0 spiro atoms. The number of nitrogens with two attached hydrogens (primary N) is 1. The number of nitrogens with one attached hydrogen (secondary N) is 2. The van der Waals surface area contributed by atoms with Gasteiger partial charge in [0.1, 0.15) is 11.6 Å². The third-order valence-corrected chi connectivity index (χ3v) is 3.31. The van der Waals surface area contributed by atoms with E-state index >= 15 is 0 Å². The number of nitriles is 1. The third kappa shape index (κ3) is 5.11. The van der Waals surface area contributed by atoms with Gasteiger partial charge >= 0.3 is 5.97 Å². The van der Waals surface area contributed by atoms with Gasteiger partial charge in [0.2, 0.25) is 0 Å². The van der Waals surface area contributed by atoms with Crippen LogP contribution in [0.1, 0.15) is 17.3 Å². The largest absolute Gasteiger partial charge is 0.462 e. The number of esters is 1. The number of amides is 1. The Hall–Kier alpha value is -3.79. The predicted octanol–water partition coefficient (Wildman–Crippen LogP) is 2.90. The average Bonchev–Trinajstić information content (AvgIpc) is 2.64. The molecule has 0 bridgehead atoms. The fourth-order valence-corrected chi connectivity index (χ4v) is 1.99. The van der Waals surface area contributed by atoms with E-state index in [9.17, 15) is 14.9 Å². The highest BCUT2D eigenvalue weighted by molar-refractivity contribution is 6.06. The van der Waals surface area contributed by atoms with E-state index in [1.54, 1.807) is 43.3 Å². The molecule has 132 valence electrons. The molecule has 0 atom stereocenters. The van der Waals surface area contributed by atoms with Gasteiger partial charge < -0.3 is 21.1 Å². The molecule has 4 N–H and O–H groups in total. The highest BCUT2D eigenvalue weighted by Crippen LogP contribution is 2.13. The van der Waals surface area contributed by atoms with E-state index in [0.717, 1.165) is 0 Å². The van der Waals surface area contributed by atoms with Crippen molar-refractivity contribution in [1.82, 2.24) is 0 Å². The van der Waals surface area contributed by atoms with Crippen LogP contribution in [0.25, 0.3) is 0 Å². The van der Waals surface area contributed by atoms with Gasteiger partial charge in [-0.25, -0.2) is 4.79 Å². The van der Waals surface area contributed by atoms with Crippen molar-refractivity contribution >= 4 is 28.9 Å². The van der Waals surface area contributed by atoms with Gasteiger partial charge in [0, 0.05) is 23.3 Å². The fourth-order valence-electron chi connectivity index (χ4n) is 1.99. The quantitative estimate of drug-likeness (QED) is 0.319. The Kier molecular flexibility index (Phi) is 6.34. The fraction of sp³-hybridized carbons (Fsp3) is 0.105. The number of nitrogens with zero attached hydrogens (tertiary/aromatic N) is 1. The van der Waals surface area contributed by atoms with E-state index in [0.29, 0.717) is 22.6 Å². The van der Waals surface area contributed by atoms with Gasteiger partial charge in [0.15, 0.2) is 0 Å². The van der Waals surface area contributed by atoms with E-state index < -0.39 is 11.9 Å². The summed E-state index contributed by atoms with van der Waals surface area (Å²) in [5.41, 5.74) is 7.64. The molecule has 2 rings (SSSR count). The van der Waals surface area contributed by atoms with E-state index in [2.05, 4.69) is 10.6 Å². The Labute approximate surface area is 151 Å². The summed E-state index contributed by atoms with van der Waals surface area (Å²) in [5.74, 6) is -1.00. The lowest BCUT2D eigenvalue weighted by molar-refractivity contribution is -0.112. The Morgan fingerprint density at radius 3 is 2.31 bits per heavy atom. The molecule has 0 aromatic heterocycles. The number of ether oxygens (including phenoxy) is 1. The number of hydrogen-bond acceptors (Lipinski definition) is 6. The van der Waals surface area contributed by atoms with Crippen LogP contribution in [0.15, 0.2) is 60.3 Å².